The van der Waals surface area contributed by atoms with Gasteiger partial charge in [-0.15, -0.1) is 0 Å². The number of amides is 1. The summed E-state index contributed by atoms with van der Waals surface area (Å²) in [5.41, 5.74) is 5.10. The van der Waals surface area contributed by atoms with Gasteiger partial charge in [0.05, 0.1) is 23.8 Å². The van der Waals surface area contributed by atoms with E-state index in [0.29, 0.717) is 22.0 Å². The summed E-state index contributed by atoms with van der Waals surface area (Å²) in [5.74, 6) is -1.33. The number of nitrogens with zero attached hydrogens (tertiary/aromatic N) is 2. The average Bonchev–Trinajstić information content (AvgIpc) is 3.37. The van der Waals surface area contributed by atoms with Gasteiger partial charge in [0.25, 0.3) is 11.6 Å². The summed E-state index contributed by atoms with van der Waals surface area (Å²) in [6.07, 6.45) is 1.38. The maximum atomic E-state index is 14.0. The number of aromatic amines is 1. The molecular weight excluding hydrogens is 531 g/mol. The van der Waals surface area contributed by atoms with Gasteiger partial charge in [0.1, 0.15) is 11.5 Å². The minimum absolute atomic E-state index is 0.120. The van der Waals surface area contributed by atoms with E-state index >= 15 is 0 Å². The number of carbonyl (C=O) groups excluding carboxylic acids is 2. The predicted octanol–water partition coefficient (Wildman–Crippen LogP) is 5.87. The molecule has 5 rings (SSSR count). The van der Waals surface area contributed by atoms with E-state index in [9.17, 15) is 24.1 Å². The van der Waals surface area contributed by atoms with E-state index in [1.54, 1.807) is 18.2 Å². The van der Waals surface area contributed by atoms with Crippen molar-refractivity contribution in [2.45, 2.75) is 0 Å². The summed E-state index contributed by atoms with van der Waals surface area (Å²) in [4.78, 5) is 38.9. The Bertz CT molecular complexity index is 1800. The maximum absolute atomic E-state index is 14.0. The number of hydrogen-bond acceptors (Lipinski definition) is 7. The first-order chi connectivity index (χ1) is 19.8. The van der Waals surface area contributed by atoms with Crippen LogP contribution >= 0.6 is 0 Å². The molecule has 0 saturated carbocycles. The number of fused-ring (bicyclic) bond motifs is 1. The third-order valence-corrected chi connectivity index (χ3v) is 6.13. The monoisotopic (exact) mass is 552 g/mol. The molecule has 0 fully saturated rings. The fourth-order valence-electron chi connectivity index (χ4n) is 4.19. The Labute approximate surface area is 232 Å². The lowest BCUT2D eigenvalue weighted by molar-refractivity contribution is -0.384. The van der Waals surface area contributed by atoms with Gasteiger partial charge in [-0.25, -0.2) is 14.6 Å². The Morgan fingerprint density at radius 2 is 1.73 bits per heavy atom. The molecule has 0 saturated heterocycles. The Morgan fingerprint density at radius 3 is 2.44 bits per heavy atom. The number of hydrogen-bond donors (Lipinski definition) is 2. The van der Waals surface area contributed by atoms with Crippen LogP contribution in [0.1, 0.15) is 26.4 Å². The lowest BCUT2D eigenvalue weighted by Crippen LogP contribution is -2.18. The largest absolute Gasteiger partial charge is 0.493 e. The zero-order chi connectivity index (χ0) is 28.9. The van der Waals surface area contributed by atoms with Crippen LogP contribution in [-0.4, -0.2) is 35.1 Å². The SMILES string of the molecule is COc1cc(C=NNC(=O)c2[nH]c3ccc(F)cc3c2-c2ccccc2)ccc1OC(=O)c1ccc([N+](=O)[O-])cc1. The van der Waals surface area contributed by atoms with Crippen molar-refractivity contribution in [3.63, 3.8) is 0 Å². The van der Waals surface area contributed by atoms with Gasteiger partial charge in [-0.3, -0.25) is 14.9 Å². The molecule has 4 aromatic carbocycles. The Morgan fingerprint density at radius 1 is 0.976 bits per heavy atom. The van der Waals surface area contributed by atoms with Crippen molar-refractivity contribution in [2.75, 3.05) is 7.11 Å². The van der Waals surface area contributed by atoms with E-state index < -0.39 is 22.6 Å². The van der Waals surface area contributed by atoms with Crippen LogP contribution in [0.3, 0.4) is 0 Å². The van der Waals surface area contributed by atoms with Crippen molar-refractivity contribution in [3.8, 4) is 22.6 Å². The molecule has 1 aromatic heterocycles. The molecular formula is C30H21FN4O6. The van der Waals surface area contributed by atoms with Crippen LogP contribution in [0.5, 0.6) is 11.5 Å². The van der Waals surface area contributed by atoms with Gasteiger partial charge in [0.15, 0.2) is 11.5 Å². The Balaban J connectivity index is 1.32. The molecule has 0 aliphatic heterocycles. The summed E-state index contributed by atoms with van der Waals surface area (Å²) < 4.78 is 24.7. The van der Waals surface area contributed by atoms with Gasteiger partial charge in [0.2, 0.25) is 0 Å². The number of rotatable bonds is 8. The first-order valence-corrected chi connectivity index (χ1v) is 12.2. The van der Waals surface area contributed by atoms with Crippen molar-refractivity contribution in [3.05, 3.63) is 124 Å². The molecule has 0 atom stereocenters. The van der Waals surface area contributed by atoms with E-state index in [1.807, 2.05) is 30.3 Å². The number of halogens is 1. The second kappa shape index (κ2) is 11.5. The molecule has 0 unspecified atom stereocenters. The van der Waals surface area contributed by atoms with Crippen LogP contribution in [-0.2, 0) is 0 Å². The quantitative estimate of drug-likeness (QED) is 0.0812. The first kappa shape index (κ1) is 26.8. The number of methoxy groups -OCH3 is 1. The molecule has 1 heterocycles. The normalized spacial score (nSPS) is 11.0. The third kappa shape index (κ3) is 5.78. The number of benzene rings is 4. The Kier molecular flexibility index (Phi) is 7.50. The van der Waals surface area contributed by atoms with Crippen molar-refractivity contribution in [1.29, 1.82) is 0 Å². The molecule has 204 valence electrons. The number of H-pyrrole nitrogens is 1. The highest BCUT2D eigenvalue weighted by atomic mass is 19.1. The molecule has 0 spiro atoms. The summed E-state index contributed by atoms with van der Waals surface area (Å²) in [5, 5.41) is 15.4. The van der Waals surface area contributed by atoms with Crippen LogP contribution in [0.2, 0.25) is 0 Å². The van der Waals surface area contributed by atoms with E-state index in [2.05, 4.69) is 15.5 Å². The molecule has 0 aliphatic rings. The van der Waals surface area contributed by atoms with E-state index in [-0.39, 0.29) is 28.4 Å². The van der Waals surface area contributed by atoms with Crippen molar-refractivity contribution < 1.29 is 28.4 Å². The fourth-order valence-corrected chi connectivity index (χ4v) is 4.19. The van der Waals surface area contributed by atoms with E-state index in [4.69, 9.17) is 9.47 Å². The van der Waals surface area contributed by atoms with Gasteiger partial charge in [-0.2, -0.15) is 5.10 Å². The molecule has 2 N–H and O–H groups in total. The summed E-state index contributed by atoms with van der Waals surface area (Å²) >= 11 is 0. The minimum atomic E-state index is -0.723. The standard InChI is InChI=1S/C30H21FN4O6/c1-40-26-15-18(7-14-25(26)41-30(37)20-8-11-22(12-9-20)35(38)39)17-32-34-29(36)28-27(19-5-3-2-4-6-19)23-16-21(31)10-13-24(23)33-28/h2-17,33H,1H3,(H,34,36). The maximum Gasteiger partial charge on any atom is 0.343 e. The van der Waals surface area contributed by atoms with Gasteiger partial charge >= 0.3 is 5.97 Å². The summed E-state index contributed by atoms with van der Waals surface area (Å²) in [6.45, 7) is 0. The third-order valence-electron chi connectivity index (χ3n) is 6.13. The number of carbonyl (C=O) groups is 2. The number of nitro benzene ring substituents is 1. The van der Waals surface area contributed by atoms with Crippen LogP contribution in [0.15, 0.2) is 96.1 Å². The van der Waals surface area contributed by atoms with E-state index in [1.165, 1.54) is 55.8 Å². The Hall–Kier alpha value is -5.84. The number of esters is 1. The highest BCUT2D eigenvalue weighted by Crippen LogP contribution is 2.33. The highest BCUT2D eigenvalue weighted by Gasteiger charge is 2.20. The van der Waals surface area contributed by atoms with Crippen molar-refractivity contribution >= 4 is 34.7 Å². The van der Waals surface area contributed by atoms with Gasteiger partial charge in [-0.1, -0.05) is 30.3 Å². The average molecular weight is 553 g/mol. The van der Waals surface area contributed by atoms with Gasteiger partial charge in [-0.05, 0) is 59.7 Å². The van der Waals surface area contributed by atoms with Gasteiger partial charge < -0.3 is 14.5 Å². The summed E-state index contributed by atoms with van der Waals surface area (Å²) in [6, 6.07) is 23.1. The lowest BCUT2D eigenvalue weighted by atomic mass is 10.0. The number of aromatic nitrogens is 1. The zero-order valence-corrected chi connectivity index (χ0v) is 21.5. The second-order valence-electron chi connectivity index (χ2n) is 8.73. The van der Waals surface area contributed by atoms with Crippen molar-refractivity contribution in [1.82, 2.24) is 10.4 Å². The van der Waals surface area contributed by atoms with Crippen LogP contribution in [0.25, 0.3) is 22.0 Å². The molecule has 11 heteroatoms. The molecule has 5 aromatic rings. The van der Waals surface area contributed by atoms with Gasteiger partial charge in [0, 0.05) is 28.6 Å². The van der Waals surface area contributed by atoms with Crippen LogP contribution in [0, 0.1) is 15.9 Å². The lowest BCUT2D eigenvalue weighted by Gasteiger charge is -2.10. The van der Waals surface area contributed by atoms with Crippen LogP contribution in [0.4, 0.5) is 10.1 Å². The molecule has 10 nitrogen and oxygen atoms in total. The molecule has 0 radical (unpaired) electrons. The van der Waals surface area contributed by atoms with Crippen molar-refractivity contribution in [2.24, 2.45) is 5.10 Å². The smallest absolute Gasteiger partial charge is 0.343 e. The fraction of sp³-hybridized carbons (Fsp3) is 0.0333. The number of non-ortho nitro benzene ring substituents is 1. The molecule has 41 heavy (non-hydrogen) atoms. The second-order valence-corrected chi connectivity index (χ2v) is 8.73. The zero-order valence-electron chi connectivity index (χ0n) is 21.5. The molecule has 0 bridgehead atoms. The molecule has 0 aliphatic carbocycles. The highest BCUT2D eigenvalue weighted by molar-refractivity contribution is 6.09. The van der Waals surface area contributed by atoms with E-state index in [0.717, 1.165) is 5.56 Å². The minimum Gasteiger partial charge on any atom is -0.493 e. The summed E-state index contributed by atoms with van der Waals surface area (Å²) in [7, 11) is 1.39. The number of ether oxygens (including phenoxy) is 2. The number of hydrazone groups is 1. The topological polar surface area (TPSA) is 136 Å². The predicted molar refractivity (Wildman–Crippen MR) is 150 cm³/mol. The number of nitrogens with one attached hydrogen (secondary N) is 2. The number of nitro groups is 1. The van der Waals surface area contributed by atoms with Crippen LogP contribution < -0.4 is 14.9 Å². The first-order valence-electron chi connectivity index (χ1n) is 12.2. The molecule has 1 amide bonds.